The van der Waals surface area contributed by atoms with Crippen molar-refractivity contribution in [3.05, 3.63) is 42.0 Å². The van der Waals surface area contributed by atoms with Crippen LogP contribution in [0.5, 0.6) is 5.75 Å². The van der Waals surface area contributed by atoms with E-state index < -0.39 is 0 Å². The van der Waals surface area contributed by atoms with E-state index in [9.17, 15) is 4.79 Å². The second-order valence-electron chi connectivity index (χ2n) is 5.29. The number of hydrogen-bond donors (Lipinski definition) is 0. The first-order chi connectivity index (χ1) is 9.26. The molecule has 1 aliphatic carbocycles. The molecule has 19 heavy (non-hydrogen) atoms. The van der Waals surface area contributed by atoms with Gasteiger partial charge in [-0.2, -0.15) is 0 Å². The number of rotatable bonds is 2. The first kappa shape index (κ1) is 12.2. The Bertz CT molecular complexity index is 606. The van der Waals surface area contributed by atoms with Gasteiger partial charge in [0.2, 0.25) is 0 Å². The first-order valence-electron chi connectivity index (χ1n) is 6.85. The first-order valence-corrected chi connectivity index (χ1v) is 6.85. The Balaban J connectivity index is 1.91. The average Bonchev–Trinajstić information content (AvgIpc) is 2.47. The molecule has 2 aromatic carbocycles. The number of fused-ring (bicyclic) bond motifs is 1. The number of carbonyl (C=O) groups excluding carboxylic acids is 1. The lowest BCUT2D eigenvalue weighted by atomic mass is 9.83. The van der Waals surface area contributed by atoms with Crippen LogP contribution >= 0.6 is 0 Å². The van der Waals surface area contributed by atoms with Crippen molar-refractivity contribution in [1.29, 1.82) is 0 Å². The van der Waals surface area contributed by atoms with Crippen molar-refractivity contribution in [2.45, 2.75) is 31.6 Å². The largest absolute Gasteiger partial charge is 0.497 e. The highest BCUT2D eigenvalue weighted by Gasteiger charge is 2.20. The average molecular weight is 254 g/mol. The van der Waals surface area contributed by atoms with Crippen LogP contribution in [0.3, 0.4) is 0 Å². The van der Waals surface area contributed by atoms with Crippen molar-refractivity contribution in [2.75, 3.05) is 7.11 Å². The predicted molar refractivity (Wildman–Crippen MR) is 76.7 cm³/mol. The summed E-state index contributed by atoms with van der Waals surface area (Å²) in [6.07, 6.45) is 3.48. The van der Waals surface area contributed by atoms with Crippen LogP contribution in [-0.2, 0) is 4.79 Å². The van der Waals surface area contributed by atoms with Crippen LogP contribution in [0.2, 0.25) is 0 Å². The van der Waals surface area contributed by atoms with E-state index in [1.165, 1.54) is 16.3 Å². The van der Waals surface area contributed by atoms with E-state index in [0.29, 0.717) is 11.7 Å². The highest BCUT2D eigenvalue weighted by Crippen LogP contribution is 2.33. The quantitative estimate of drug-likeness (QED) is 0.807. The van der Waals surface area contributed by atoms with Gasteiger partial charge in [0.25, 0.3) is 0 Å². The maximum absolute atomic E-state index is 11.3. The summed E-state index contributed by atoms with van der Waals surface area (Å²) < 4.78 is 5.24. The number of carbonyl (C=O) groups is 1. The molecule has 1 saturated carbocycles. The minimum Gasteiger partial charge on any atom is -0.497 e. The molecule has 0 N–H and O–H groups in total. The normalized spacial score (nSPS) is 16.8. The number of ether oxygens (including phenoxy) is 1. The fraction of sp³-hybridized carbons (Fsp3) is 0.353. The van der Waals surface area contributed by atoms with Crippen molar-refractivity contribution in [3.8, 4) is 5.75 Å². The summed E-state index contributed by atoms with van der Waals surface area (Å²) in [5.41, 5.74) is 1.37. The Morgan fingerprint density at radius 1 is 1.00 bits per heavy atom. The summed E-state index contributed by atoms with van der Waals surface area (Å²) >= 11 is 0. The molecule has 0 aromatic heterocycles. The van der Waals surface area contributed by atoms with Crippen LogP contribution in [0.25, 0.3) is 10.8 Å². The van der Waals surface area contributed by atoms with Gasteiger partial charge >= 0.3 is 0 Å². The third-order valence-electron chi connectivity index (χ3n) is 4.09. The van der Waals surface area contributed by atoms with Crippen molar-refractivity contribution < 1.29 is 9.53 Å². The van der Waals surface area contributed by atoms with Gasteiger partial charge in [0, 0.05) is 12.8 Å². The lowest BCUT2D eigenvalue weighted by Gasteiger charge is -2.21. The Morgan fingerprint density at radius 2 is 1.68 bits per heavy atom. The van der Waals surface area contributed by atoms with Gasteiger partial charge in [-0.05, 0) is 47.2 Å². The SMILES string of the molecule is COc1ccc2cc(C3CCC(=O)CC3)ccc2c1. The van der Waals surface area contributed by atoms with E-state index in [2.05, 4.69) is 30.3 Å². The topological polar surface area (TPSA) is 26.3 Å². The van der Waals surface area contributed by atoms with E-state index in [1.54, 1.807) is 7.11 Å². The minimum atomic E-state index is 0.418. The molecule has 2 nitrogen and oxygen atoms in total. The zero-order valence-corrected chi connectivity index (χ0v) is 11.2. The molecule has 2 heteroatoms. The Hall–Kier alpha value is -1.83. The number of hydrogen-bond acceptors (Lipinski definition) is 2. The molecule has 0 unspecified atom stereocenters. The van der Waals surface area contributed by atoms with E-state index >= 15 is 0 Å². The zero-order chi connectivity index (χ0) is 13.2. The smallest absolute Gasteiger partial charge is 0.132 e. The van der Waals surface area contributed by atoms with Gasteiger partial charge in [-0.15, -0.1) is 0 Å². The molecule has 0 radical (unpaired) electrons. The van der Waals surface area contributed by atoms with Gasteiger partial charge in [0.15, 0.2) is 0 Å². The molecule has 1 fully saturated rings. The third kappa shape index (κ3) is 2.48. The van der Waals surface area contributed by atoms with Crippen molar-refractivity contribution in [3.63, 3.8) is 0 Å². The molecule has 2 aromatic rings. The summed E-state index contributed by atoms with van der Waals surface area (Å²) in [6, 6.07) is 12.8. The van der Waals surface area contributed by atoms with Crippen molar-refractivity contribution >= 4 is 16.6 Å². The van der Waals surface area contributed by atoms with Crippen LogP contribution in [0.4, 0.5) is 0 Å². The van der Waals surface area contributed by atoms with Crippen LogP contribution in [0.1, 0.15) is 37.2 Å². The lowest BCUT2D eigenvalue weighted by Crippen LogP contribution is -2.12. The standard InChI is InChI=1S/C17H18O2/c1-19-17-9-6-14-10-13(2-3-15(14)11-17)12-4-7-16(18)8-5-12/h2-3,6,9-12H,4-5,7-8H2,1H3. The van der Waals surface area contributed by atoms with Crippen LogP contribution in [0, 0.1) is 0 Å². The van der Waals surface area contributed by atoms with Gasteiger partial charge in [-0.3, -0.25) is 4.79 Å². The summed E-state index contributed by atoms with van der Waals surface area (Å²) in [7, 11) is 1.69. The highest BCUT2D eigenvalue weighted by atomic mass is 16.5. The molecule has 0 atom stereocenters. The highest BCUT2D eigenvalue weighted by molar-refractivity contribution is 5.85. The van der Waals surface area contributed by atoms with E-state index in [0.717, 1.165) is 31.4 Å². The number of Topliss-reactive ketones (excluding diaryl/α,β-unsaturated/α-hetero) is 1. The summed E-state index contributed by atoms with van der Waals surface area (Å²) in [5.74, 6) is 1.86. The number of ketones is 1. The second-order valence-corrected chi connectivity index (χ2v) is 5.29. The van der Waals surface area contributed by atoms with E-state index in [-0.39, 0.29) is 0 Å². The van der Waals surface area contributed by atoms with Gasteiger partial charge in [0.05, 0.1) is 7.11 Å². The summed E-state index contributed by atoms with van der Waals surface area (Å²) in [6.45, 7) is 0. The molecule has 0 amide bonds. The van der Waals surface area contributed by atoms with Gasteiger partial charge in [0.1, 0.15) is 11.5 Å². The Kier molecular flexibility index (Phi) is 3.24. The Morgan fingerprint density at radius 3 is 2.42 bits per heavy atom. The second kappa shape index (κ2) is 5.04. The molecule has 0 spiro atoms. The minimum absolute atomic E-state index is 0.418. The lowest BCUT2D eigenvalue weighted by molar-refractivity contribution is -0.120. The molecular formula is C17H18O2. The maximum Gasteiger partial charge on any atom is 0.132 e. The zero-order valence-electron chi connectivity index (χ0n) is 11.2. The fourth-order valence-corrected chi connectivity index (χ4v) is 2.90. The van der Waals surface area contributed by atoms with Crippen LogP contribution in [0.15, 0.2) is 36.4 Å². The van der Waals surface area contributed by atoms with E-state index in [1.807, 2.05) is 6.07 Å². The number of benzene rings is 2. The summed E-state index contributed by atoms with van der Waals surface area (Å²) in [5, 5.41) is 2.45. The van der Waals surface area contributed by atoms with Crippen molar-refractivity contribution in [1.82, 2.24) is 0 Å². The molecule has 0 heterocycles. The molecular weight excluding hydrogens is 236 g/mol. The van der Waals surface area contributed by atoms with E-state index in [4.69, 9.17) is 4.74 Å². The number of methoxy groups -OCH3 is 1. The van der Waals surface area contributed by atoms with Crippen LogP contribution < -0.4 is 4.74 Å². The molecule has 3 rings (SSSR count). The maximum atomic E-state index is 11.3. The van der Waals surface area contributed by atoms with Gasteiger partial charge < -0.3 is 4.74 Å². The summed E-state index contributed by atoms with van der Waals surface area (Å²) in [4.78, 5) is 11.3. The van der Waals surface area contributed by atoms with Gasteiger partial charge in [-0.1, -0.05) is 24.3 Å². The molecule has 0 bridgehead atoms. The molecule has 0 aliphatic heterocycles. The molecule has 0 saturated heterocycles. The van der Waals surface area contributed by atoms with Crippen molar-refractivity contribution in [2.24, 2.45) is 0 Å². The Labute approximate surface area is 113 Å². The molecule has 98 valence electrons. The fourth-order valence-electron chi connectivity index (χ4n) is 2.90. The molecule has 1 aliphatic rings. The van der Waals surface area contributed by atoms with Gasteiger partial charge in [-0.25, -0.2) is 0 Å². The predicted octanol–water partition coefficient (Wildman–Crippen LogP) is 4.08. The third-order valence-corrected chi connectivity index (χ3v) is 4.09. The van der Waals surface area contributed by atoms with Crippen LogP contribution in [-0.4, -0.2) is 12.9 Å². The monoisotopic (exact) mass is 254 g/mol.